The van der Waals surface area contributed by atoms with Crippen LogP contribution in [0.5, 0.6) is 5.75 Å². The summed E-state index contributed by atoms with van der Waals surface area (Å²) >= 11 is 1.35. The molecule has 7 nitrogen and oxygen atoms in total. The number of carbonyl (C=O) groups excluding carboxylic acids is 1. The molecule has 3 aromatic rings. The minimum Gasteiger partial charge on any atom is -0.497 e. The number of anilines is 1. The number of aromatic nitrogens is 2. The normalized spacial score (nSPS) is 14.6. The van der Waals surface area contributed by atoms with Crippen LogP contribution >= 0.6 is 11.3 Å². The number of ether oxygens (including phenoxy) is 1. The maximum Gasteiger partial charge on any atom is 0.271 e. The fourth-order valence-electron chi connectivity index (χ4n) is 3.24. The zero-order chi connectivity index (χ0) is 18.8. The minimum absolute atomic E-state index is 0.0300. The fraction of sp³-hybridized carbons (Fsp3) is 0.316. The highest BCUT2D eigenvalue weighted by Gasteiger charge is 2.22. The molecule has 2 aromatic heterocycles. The Hall–Kier alpha value is -2.87. The summed E-state index contributed by atoms with van der Waals surface area (Å²) in [6.45, 7) is 2.81. The van der Waals surface area contributed by atoms with Gasteiger partial charge in [-0.1, -0.05) is 0 Å². The van der Waals surface area contributed by atoms with Crippen LogP contribution in [0.1, 0.15) is 0 Å². The van der Waals surface area contributed by atoms with Crippen molar-refractivity contribution >= 4 is 33.1 Å². The summed E-state index contributed by atoms with van der Waals surface area (Å²) in [5.74, 6) is 0.776. The molecular formula is C19H20N4O3S. The Morgan fingerprint density at radius 2 is 1.89 bits per heavy atom. The number of benzene rings is 1. The third kappa shape index (κ3) is 3.52. The molecule has 0 aliphatic carbocycles. The van der Waals surface area contributed by atoms with Crippen molar-refractivity contribution in [3.05, 3.63) is 52.4 Å². The van der Waals surface area contributed by atoms with E-state index in [0.29, 0.717) is 23.3 Å². The lowest BCUT2D eigenvalue weighted by atomic mass is 10.2. The van der Waals surface area contributed by atoms with E-state index in [9.17, 15) is 9.59 Å². The lowest BCUT2D eigenvalue weighted by Gasteiger charge is -2.36. The van der Waals surface area contributed by atoms with Gasteiger partial charge in [0.25, 0.3) is 5.56 Å². The maximum atomic E-state index is 12.6. The Morgan fingerprint density at radius 3 is 2.59 bits per heavy atom. The molecule has 1 amide bonds. The number of carbonyl (C=O) groups is 1. The van der Waals surface area contributed by atoms with Crippen LogP contribution < -0.4 is 15.2 Å². The monoisotopic (exact) mass is 384 g/mol. The average molecular weight is 384 g/mol. The molecule has 1 aromatic carbocycles. The van der Waals surface area contributed by atoms with Crippen molar-refractivity contribution in [2.45, 2.75) is 6.54 Å². The highest BCUT2D eigenvalue weighted by molar-refractivity contribution is 7.17. The van der Waals surface area contributed by atoms with E-state index in [1.165, 1.54) is 22.2 Å². The van der Waals surface area contributed by atoms with Crippen LogP contribution in [0.3, 0.4) is 0 Å². The summed E-state index contributed by atoms with van der Waals surface area (Å²) in [5, 5.41) is 1.84. The highest BCUT2D eigenvalue weighted by Crippen LogP contribution is 2.20. The fourth-order valence-corrected chi connectivity index (χ4v) is 4.04. The number of nitrogens with zero attached hydrogens (tertiary/aromatic N) is 4. The Labute approximate surface area is 160 Å². The second kappa shape index (κ2) is 7.40. The molecule has 1 saturated heterocycles. The average Bonchev–Trinajstić information content (AvgIpc) is 3.20. The summed E-state index contributed by atoms with van der Waals surface area (Å²) in [7, 11) is 1.65. The number of rotatable bonds is 4. The van der Waals surface area contributed by atoms with E-state index in [0.717, 1.165) is 24.5 Å². The van der Waals surface area contributed by atoms with Crippen LogP contribution in [0.2, 0.25) is 0 Å². The van der Waals surface area contributed by atoms with Crippen molar-refractivity contribution in [2.24, 2.45) is 0 Å². The number of thiophene rings is 1. The molecule has 0 bridgehead atoms. The molecule has 3 heterocycles. The summed E-state index contributed by atoms with van der Waals surface area (Å²) in [6, 6.07) is 9.74. The second-order valence-electron chi connectivity index (χ2n) is 6.38. The highest BCUT2D eigenvalue weighted by atomic mass is 32.1. The van der Waals surface area contributed by atoms with Gasteiger partial charge in [-0.2, -0.15) is 0 Å². The van der Waals surface area contributed by atoms with Crippen LogP contribution in [-0.2, 0) is 11.3 Å². The molecule has 8 heteroatoms. The number of fused-ring (bicyclic) bond motifs is 1. The molecule has 1 aliphatic rings. The smallest absolute Gasteiger partial charge is 0.271 e. The predicted molar refractivity (Wildman–Crippen MR) is 106 cm³/mol. The van der Waals surface area contributed by atoms with Gasteiger partial charge in [0.2, 0.25) is 5.91 Å². The quantitative estimate of drug-likeness (QED) is 0.686. The topological polar surface area (TPSA) is 67.7 Å². The molecule has 1 fully saturated rings. The van der Waals surface area contributed by atoms with Crippen molar-refractivity contribution in [3.8, 4) is 5.75 Å². The van der Waals surface area contributed by atoms with E-state index in [-0.39, 0.29) is 18.0 Å². The zero-order valence-corrected chi connectivity index (χ0v) is 15.8. The minimum atomic E-state index is -0.153. The van der Waals surface area contributed by atoms with Crippen molar-refractivity contribution in [1.29, 1.82) is 0 Å². The van der Waals surface area contributed by atoms with Crippen LogP contribution in [0.4, 0.5) is 5.69 Å². The summed E-state index contributed by atoms with van der Waals surface area (Å²) in [4.78, 5) is 33.4. The first kappa shape index (κ1) is 17.5. The van der Waals surface area contributed by atoms with Gasteiger partial charge < -0.3 is 14.5 Å². The first-order valence-electron chi connectivity index (χ1n) is 8.75. The van der Waals surface area contributed by atoms with E-state index in [1.54, 1.807) is 7.11 Å². The van der Waals surface area contributed by atoms with Crippen molar-refractivity contribution in [3.63, 3.8) is 0 Å². The van der Waals surface area contributed by atoms with E-state index >= 15 is 0 Å². The predicted octanol–water partition coefficient (Wildman–Crippen LogP) is 1.82. The lowest BCUT2D eigenvalue weighted by molar-refractivity contribution is -0.132. The molecule has 4 rings (SSSR count). The molecule has 1 aliphatic heterocycles. The second-order valence-corrected chi connectivity index (χ2v) is 7.29. The molecular weight excluding hydrogens is 364 g/mol. The van der Waals surface area contributed by atoms with Crippen LogP contribution in [0.25, 0.3) is 10.2 Å². The summed E-state index contributed by atoms with van der Waals surface area (Å²) in [5.41, 5.74) is 1.65. The van der Waals surface area contributed by atoms with Crippen LogP contribution in [0, 0.1) is 0 Å². The van der Waals surface area contributed by atoms with Gasteiger partial charge in [-0.15, -0.1) is 11.3 Å². The van der Waals surface area contributed by atoms with Gasteiger partial charge in [0.05, 0.1) is 19.0 Å². The molecule has 0 atom stereocenters. The van der Waals surface area contributed by atoms with Gasteiger partial charge in [0, 0.05) is 31.9 Å². The Balaban J connectivity index is 1.39. The molecule has 0 saturated carbocycles. The van der Waals surface area contributed by atoms with Crippen LogP contribution in [-0.4, -0.2) is 53.6 Å². The van der Waals surface area contributed by atoms with Crippen LogP contribution in [0.15, 0.2) is 46.8 Å². The molecule has 140 valence electrons. The Kier molecular flexibility index (Phi) is 4.81. The zero-order valence-electron chi connectivity index (χ0n) is 15.0. The first-order valence-corrected chi connectivity index (χ1v) is 9.63. The number of hydrogen-bond donors (Lipinski definition) is 0. The van der Waals surface area contributed by atoms with E-state index < -0.39 is 0 Å². The molecule has 0 N–H and O–H groups in total. The lowest BCUT2D eigenvalue weighted by Crippen LogP contribution is -2.50. The van der Waals surface area contributed by atoms with Gasteiger partial charge in [0.1, 0.15) is 17.0 Å². The van der Waals surface area contributed by atoms with Crippen molar-refractivity contribution < 1.29 is 9.53 Å². The largest absolute Gasteiger partial charge is 0.497 e. The Morgan fingerprint density at radius 1 is 1.15 bits per heavy atom. The maximum absolute atomic E-state index is 12.6. The van der Waals surface area contributed by atoms with E-state index in [2.05, 4.69) is 9.88 Å². The molecule has 27 heavy (non-hydrogen) atoms. The van der Waals surface area contributed by atoms with Gasteiger partial charge in [0.15, 0.2) is 0 Å². The molecule has 0 spiro atoms. The Bertz CT molecular complexity index is 1000. The number of piperazine rings is 1. The van der Waals surface area contributed by atoms with Gasteiger partial charge in [-0.05, 0) is 35.7 Å². The standard InChI is InChI=1S/C19H20N4O3S/c1-26-15-4-2-14(3-5-15)21-7-9-22(10-8-21)17(24)12-23-13-20-16-6-11-27-18(16)19(23)25/h2-6,11,13H,7-10,12H2,1H3. The summed E-state index contributed by atoms with van der Waals surface area (Å²) in [6.07, 6.45) is 1.46. The SMILES string of the molecule is COc1ccc(N2CCN(C(=O)Cn3cnc4ccsc4c3=O)CC2)cc1. The number of hydrogen-bond acceptors (Lipinski definition) is 6. The summed E-state index contributed by atoms with van der Waals surface area (Å²) < 4.78 is 7.18. The van der Waals surface area contributed by atoms with Crippen molar-refractivity contribution in [2.75, 3.05) is 38.2 Å². The van der Waals surface area contributed by atoms with Gasteiger partial charge >= 0.3 is 0 Å². The van der Waals surface area contributed by atoms with Gasteiger partial charge in [-0.25, -0.2) is 4.98 Å². The molecule has 0 unspecified atom stereocenters. The number of methoxy groups -OCH3 is 1. The molecule has 0 radical (unpaired) electrons. The van der Waals surface area contributed by atoms with Crippen molar-refractivity contribution in [1.82, 2.24) is 14.5 Å². The van der Waals surface area contributed by atoms with Gasteiger partial charge in [-0.3, -0.25) is 14.2 Å². The first-order chi connectivity index (χ1) is 13.2. The van der Waals surface area contributed by atoms with E-state index in [4.69, 9.17) is 4.74 Å². The van der Waals surface area contributed by atoms with E-state index in [1.807, 2.05) is 40.6 Å². The third-order valence-electron chi connectivity index (χ3n) is 4.81. The third-order valence-corrected chi connectivity index (χ3v) is 5.70. The number of amides is 1.